The number of benzene rings is 2. The van der Waals surface area contributed by atoms with Crippen molar-refractivity contribution in [1.82, 2.24) is 9.21 Å². The van der Waals surface area contributed by atoms with Crippen LogP contribution >= 0.6 is 0 Å². The first-order valence-electron chi connectivity index (χ1n) is 10.5. The monoisotopic (exact) mass is 428 g/mol. The molecule has 2 aromatic rings. The number of rotatable bonds is 5. The summed E-state index contributed by atoms with van der Waals surface area (Å²) >= 11 is 0. The average Bonchev–Trinajstić information content (AvgIpc) is 2.78. The normalized spacial score (nSPS) is 17.4. The van der Waals surface area contributed by atoms with Crippen molar-refractivity contribution < 1.29 is 17.9 Å². The minimum atomic E-state index is -3.53. The zero-order valence-corrected chi connectivity index (χ0v) is 18.2. The number of carbonyl (C=O) groups is 1. The van der Waals surface area contributed by atoms with Gasteiger partial charge >= 0.3 is 0 Å². The van der Waals surface area contributed by atoms with Gasteiger partial charge in [-0.1, -0.05) is 29.8 Å². The second-order valence-electron chi connectivity index (χ2n) is 7.99. The third kappa shape index (κ3) is 4.37. The summed E-state index contributed by atoms with van der Waals surface area (Å²) in [6.07, 6.45) is 4.41. The van der Waals surface area contributed by atoms with Crippen LogP contribution in [-0.2, 0) is 27.7 Å². The van der Waals surface area contributed by atoms with Crippen LogP contribution in [0.15, 0.2) is 47.4 Å². The van der Waals surface area contributed by atoms with Crippen molar-refractivity contribution in [2.45, 2.75) is 37.5 Å². The number of ether oxygens (including phenoxy) is 1. The van der Waals surface area contributed by atoms with Gasteiger partial charge in [0.05, 0.1) is 4.90 Å². The second kappa shape index (κ2) is 8.78. The fourth-order valence-electron chi connectivity index (χ4n) is 4.15. The van der Waals surface area contributed by atoms with Crippen LogP contribution in [0, 0.1) is 6.92 Å². The molecule has 1 aliphatic heterocycles. The van der Waals surface area contributed by atoms with Gasteiger partial charge in [0.2, 0.25) is 10.0 Å². The zero-order chi connectivity index (χ0) is 21.1. The first-order valence-corrected chi connectivity index (χ1v) is 12.0. The lowest BCUT2D eigenvalue weighted by Gasteiger charge is -2.34. The molecule has 0 spiro atoms. The highest BCUT2D eigenvalue weighted by atomic mass is 32.2. The van der Waals surface area contributed by atoms with Crippen LogP contribution in [-0.4, -0.2) is 56.3 Å². The number of sulfonamides is 1. The molecule has 6 nitrogen and oxygen atoms in total. The fraction of sp³-hybridized carbons (Fsp3) is 0.435. The molecule has 1 aliphatic carbocycles. The van der Waals surface area contributed by atoms with E-state index in [1.807, 2.05) is 19.1 Å². The summed E-state index contributed by atoms with van der Waals surface area (Å²) in [5.74, 6) is 0.705. The number of hydrogen-bond donors (Lipinski definition) is 0. The maximum Gasteiger partial charge on any atom is 0.260 e. The van der Waals surface area contributed by atoms with E-state index in [-0.39, 0.29) is 12.5 Å². The van der Waals surface area contributed by atoms with Gasteiger partial charge in [0.25, 0.3) is 5.91 Å². The van der Waals surface area contributed by atoms with E-state index in [0.717, 1.165) is 30.6 Å². The number of nitrogens with zero attached hydrogens (tertiary/aromatic N) is 2. The van der Waals surface area contributed by atoms with Gasteiger partial charge in [0, 0.05) is 26.2 Å². The lowest BCUT2D eigenvalue weighted by atomic mass is 9.91. The summed E-state index contributed by atoms with van der Waals surface area (Å²) in [5, 5.41) is 0. The number of hydrogen-bond acceptors (Lipinski definition) is 4. The molecule has 0 saturated carbocycles. The molecule has 0 N–H and O–H groups in total. The predicted molar refractivity (Wildman–Crippen MR) is 115 cm³/mol. The van der Waals surface area contributed by atoms with Gasteiger partial charge in [-0.25, -0.2) is 8.42 Å². The highest BCUT2D eigenvalue weighted by molar-refractivity contribution is 7.89. The third-order valence-corrected chi connectivity index (χ3v) is 7.87. The molecule has 2 aliphatic rings. The fourth-order valence-corrected chi connectivity index (χ4v) is 5.57. The van der Waals surface area contributed by atoms with Crippen LogP contribution in [0.4, 0.5) is 0 Å². The quantitative estimate of drug-likeness (QED) is 0.735. The number of fused-ring (bicyclic) bond motifs is 1. The first-order chi connectivity index (χ1) is 14.4. The van der Waals surface area contributed by atoms with E-state index in [1.54, 1.807) is 29.2 Å². The van der Waals surface area contributed by atoms with Gasteiger partial charge in [0.15, 0.2) is 6.61 Å². The van der Waals surface area contributed by atoms with Crippen LogP contribution in [0.5, 0.6) is 5.75 Å². The van der Waals surface area contributed by atoms with Crippen molar-refractivity contribution in [2.24, 2.45) is 0 Å². The molecule has 0 unspecified atom stereocenters. The standard InChI is InChI=1S/C23H28N2O4S/c1-18-9-11-20(12-10-18)30(27,28)25-15-13-24(14-16-25)23(26)17-29-22-8-4-6-19-5-2-3-7-21(19)22/h4,6,8-12H,2-3,5,7,13-17H2,1H3. The molecule has 7 heteroatoms. The van der Waals surface area contributed by atoms with Crippen LogP contribution < -0.4 is 4.74 Å². The van der Waals surface area contributed by atoms with Crippen molar-refractivity contribution >= 4 is 15.9 Å². The molecular formula is C23H28N2O4S. The Balaban J connectivity index is 1.33. The smallest absolute Gasteiger partial charge is 0.260 e. The molecule has 160 valence electrons. The topological polar surface area (TPSA) is 66.9 Å². The summed E-state index contributed by atoms with van der Waals surface area (Å²) in [6, 6.07) is 12.9. The van der Waals surface area contributed by atoms with Gasteiger partial charge in [-0.2, -0.15) is 4.31 Å². The van der Waals surface area contributed by atoms with Gasteiger partial charge in [0.1, 0.15) is 5.75 Å². The van der Waals surface area contributed by atoms with Crippen molar-refractivity contribution in [2.75, 3.05) is 32.8 Å². The summed E-state index contributed by atoms with van der Waals surface area (Å²) in [4.78, 5) is 14.6. The number of piperazine rings is 1. The molecule has 30 heavy (non-hydrogen) atoms. The molecule has 0 aromatic heterocycles. The molecule has 0 atom stereocenters. The average molecular weight is 429 g/mol. The Bertz CT molecular complexity index is 1010. The van der Waals surface area contributed by atoms with Crippen LogP contribution in [0.3, 0.4) is 0 Å². The molecule has 0 radical (unpaired) electrons. The van der Waals surface area contributed by atoms with E-state index in [1.165, 1.54) is 21.9 Å². The third-order valence-electron chi connectivity index (χ3n) is 5.95. The van der Waals surface area contributed by atoms with E-state index in [2.05, 4.69) is 6.07 Å². The van der Waals surface area contributed by atoms with Gasteiger partial charge in [-0.05, 0) is 61.9 Å². The van der Waals surface area contributed by atoms with E-state index in [4.69, 9.17) is 4.74 Å². The summed E-state index contributed by atoms with van der Waals surface area (Å²) in [7, 11) is -3.53. The summed E-state index contributed by atoms with van der Waals surface area (Å²) in [6.45, 7) is 3.25. The first kappa shape index (κ1) is 20.9. The van der Waals surface area contributed by atoms with Crippen molar-refractivity contribution in [1.29, 1.82) is 0 Å². The Kier molecular flexibility index (Phi) is 6.11. The maximum atomic E-state index is 12.8. The number of carbonyl (C=O) groups excluding carboxylic acids is 1. The summed E-state index contributed by atoms with van der Waals surface area (Å²) < 4.78 is 33.0. The van der Waals surface area contributed by atoms with Crippen molar-refractivity contribution in [3.05, 3.63) is 59.2 Å². The molecule has 1 fully saturated rings. The van der Waals surface area contributed by atoms with E-state index >= 15 is 0 Å². The molecule has 0 bridgehead atoms. The largest absolute Gasteiger partial charge is 0.483 e. The summed E-state index contributed by atoms with van der Waals surface area (Å²) in [5.41, 5.74) is 3.57. The van der Waals surface area contributed by atoms with Gasteiger partial charge in [-0.15, -0.1) is 0 Å². The predicted octanol–water partition coefficient (Wildman–Crippen LogP) is 2.79. The Morgan fingerprint density at radius 1 is 0.967 bits per heavy atom. The Morgan fingerprint density at radius 2 is 1.67 bits per heavy atom. The van der Waals surface area contributed by atoms with Crippen molar-refractivity contribution in [3.63, 3.8) is 0 Å². The molecule has 1 saturated heterocycles. The van der Waals surface area contributed by atoms with Crippen LogP contribution in [0.2, 0.25) is 0 Å². The van der Waals surface area contributed by atoms with Crippen molar-refractivity contribution in [3.8, 4) is 5.75 Å². The molecule has 1 heterocycles. The number of aryl methyl sites for hydroxylation is 2. The zero-order valence-electron chi connectivity index (χ0n) is 17.3. The molecular weight excluding hydrogens is 400 g/mol. The van der Waals surface area contributed by atoms with Gasteiger partial charge in [-0.3, -0.25) is 4.79 Å². The van der Waals surface area contributed by atoms with E-state index in [9.17, 15) is 13.2 Å². The molecule has 4 rings (SSSR count). The molecule has 2 aromatic carbocycles. The Labute approximate surface area is 178 Å². The number of amides is 1. The Morgan fingerprint density at radius 3 is 2.40 bits per heavy atom. The lowest BCUT2D eigenvalue weighted by molar-refractivity contribution is -0.134. The minimum Gasteiger partial charge on any atom is -0.483 e. The molecule has 1 amide bonds. The van der Waals surface area contributed by atoms with Crippen LogP contribution in [0.25, 0.3) is 0 Å². The lowest BCUT2D eigenvalue weighted by Crippen LogP contribution is -2.51. The highest BCUT2D eigenvalue weighted by Gasteiger charge is 2.30. The van der Waals surface area contributed by atoms with E-state index in [0.29, 0.717) is 31.1 Å². The Hall–Kier alpha value is -2.38. The highest BCUT2D eigenvalue weighted by Crippen LogP contribution is 2.29. The van der Waals surface area contributed by atoms with Crippen LogP contribution in [0.1, 0.15) is 29.5 Å². The minimum absolute atomic E-state index is 0.0127. The van der Waals surface area contributed by atoms with Gasteiger partial charge < -0.3 is 9.64 Å². The SMILES string of the molecule is Cc1ccc(S(=O)(=O)N2CCN(C(=O)COc3cccc4c3CCCC4)CC2)cc1. The second-order valence-corrected chi connectivity index (χ2v) is 9.93. The van der Waals surface area contributed by atoms with E-state index < -0.39 is 10.0 Å². The maximum absolute atomic E-state index is 12.8.